The largest absolute Gasteiger partial charge is 0.325 e. The summed E-state index contributed by atoms with van der Waals surface area (Å²) in [5.41, 5.74) is 5.91. The van der Waals surface area contributed by atoms with E-state index in [1.165, 1.54) is 0 Å². The maximum absolute atomic E-state index is 13.0. The van der Waals surface area contributed by atoms with Crippen molar-refractivity contribution in [2.24, 2.45) is 5.92 Å². The van der Waals surface area contributed by atoms with E-state index < -0.39 is 21.8 Å². The zero-order valence-electron chi connectivity index (χ0n) is 22.2. The summed E-state index contributed by atoms with van der Waals surface area (Å²) in [5.74, 6) is -1.11. The summed E-state index contributed by atoms with van der Waals surface area (Å²) in [5, 5.41) is 15.1. The molecule has 0 saturated carbocycles. The fourth-order valence-electron chi connectivity index (χ4n) is 4.06. The number of anilines is 1. The molecule has 0 aliphatic carbocycles. The lowest BCUT2D eigenvalue weighted by Gasteiger charge is -2.19. The number of carbonyl (C=O) groups is 2. The number of nitrogens with one attached hydrogen (secondary N) is 3. The van der Waals surface area contributed by atoms with E-state index in [9.17, 15) is 18.0 Å². The second-order valence-electron chi connectivity index (χ2n) is 10.4. The molecule has 1 unspecified atom stereocenters. The molecule has 196 valence electrons. The summed E-state index contributed by atoms with van der Waals surface area (Å²) < 4.78 is 28.1. The van der Waals surface area contributed by atoms with E-state index in [1.54, 1.807) is 13.8 Å². The van der Waals surface area contributed by atoms with Crippen molar-refractivity contribution in [3.05, 3.63) is 34.5 Å². The summed E-state index contributed by atoms with van der Waals surface area (Å²) in [6.07, 6.45) is 0.153. The van der Waals surface area contributed by atoms with Gasteiger partial charge in [0.25, 0.3) is 0 Å². The Morgan fingerprint density at radius 3 is 2.39 bits per heavy atom. The van der Waals surface area contributed by atoms with Gasteiger partial charge in [0.15, 0.2) is 11.5 Å². The van der Waals surface area contributed by atoms with Crippen molar-refractivity contribution >= 4 is 33.2 Å². The molecule has 36 heavy (non-hydrogen) atoms. The molecule has 0 bridgehead atoms. The van der Waals surface area contributed by atoms with Crippen molar-refractivity contribution in [3.8, 4) is 11.4 Å². The monoisotopic (exact) mass is 516 g/mol. The van der Waals surface area contributed by atoms with Gasteiger partial charge in [-0.1, -0.05) is 40.7 Å². The summed E-state index contributed by atoms with van der Waals surface area (Å²) in [6.45, 7) is 15.4. The molecule has 0 fully saturated rings. The first-order chi connectivity index (χ1) is 16.6. The van der Waals surface area contributed by atoms with E-state index in [0.717, 1.165) is 27.9 Å². The second-order valence-corrected chi connectivity index (χ2v) is 12.2. The Hall–Kier alpha value is -3.21. The Morgan fingerprint density at radius 1 is 1.11 bits per heavy atom. The van der Waals surface area contributed by atoms with Crippen LogP contribution in [-0.4, -0.2) is 45.8 Å². The third kappa shape index (κ3) is 5.77. The number of amides is 2. The number of rotatable bonds is 8. The van der Waals surface area contributed by atoms with Crippen LogP contribution in [-0.2, 0) is 25.0 Å². The van der Waals surface area contributed by atoms with Crippen molar-refractivity contribution < 1.29 is 18.0 Å². The second kappa shape index (κ2) is 10.0. The first-order valence-corrected chi connectivity index (χ1v) is 13.7. The molecule has 1 aromatic carbocycles. The van der Waals surface area contributed by atoms with Crippen molar-refractivity contribution in [1.29, 1.82) is 0 Å². The number of aromatic amines is 1. The molecular weight excluding hydrogens is 480 g/mol. The van der Waals surface area contributed by atoms with Crippen molar-refractivity contribution in [3.63, 3.8) is 0 Å². The van der Waals surface area contributed by atoms with E-state index >= 15 is 0 Å². The van der Waals surface area contributed by atoms with Crippen LogP contribution in [0.15, 0.2) is 12.1 Å². The van der Waals surface area contributed by atoms with Gasteiger partial charge >= 0.3 is 0 Å². The van der Waals surface area contributed by atoms with Crippen LogP contribution >= 0.6 is 0 Å². The van der Waals surface area contributed by atoms with Gasteiger partial charge in [-0.05, 0) is 43.9 Å². The van der Waals surface area contributed by atoms with Gasteiger partial charge in [0.2, 0.25) is 21.8 Å². The van der Waals surface area contributed by atoms with Gasteiger partial charge in [-0.2, -0.15) is 0 Å². The lowest BCUT2D eigenvalue weighted by molar-refractivity contribution is -0.119. The van der Waals surface area contributed by atoms with E-state index in [0.29, 0.717) is 17.2 Å². The number of benzene rings is 1. The highest BCUT2D eigenvalue weighted by atomic mass is 32.2. The average molecular weight is 517 g/mol. The quantitative estimate of drug-likeness (QED) is 0.417. The summed E-state index contributed by atoms with van der Waals surface area (Å²) in [7, 11) is -3.78. The van der Waals surface area contributed by atoms with E-state index in [2.05, 4.69) is 41.4 Å². The van der Waals surface area contributed by atoms with E-state index in [-0.39, 0.29) is 29.9 Å². The molecule has 2 amide bonds. The van der Waals surface area contributed by atoms with E-state index in [1.807, 2.05) is 42.1 Å². The summed E-state index contributed by atoms with van der Waals surface area (Å²) in [6, 6.07) is 3.97. The molecule has 3 aromatic rings. The van der Waals surface area contributed by atoms with Crippen LogP contribution in [0.2, 0.25) is 0 Å². The predicted molar refractivity (Wildman–Crippen MR) is 140 cm³/mol. The minimum Gasteiger partial charge on any atom is -0.325 e. The van der Waals surface area contributed by atoms with Crippen molar-refractivity contribution in [2.45, 2.75) is 73.6 Å². The van der Waals surface area contributed by atoms with Crippen LogP contribution in [0, 0.1) is 26.7 Å². The topological polar surface area (TPSA) is 138 Å². The normalized spacial score (nSPS) is 13.1. The lowest BCUT2D eigenvalue weighted by atomic mass is 9.93. The Morgan fingerprint density at radius 2 is 1.78 bits per heavy atom. The van der Waals surface area contributed by atoms with Crippen molar-refractivity contribution in [2.75, 3.05) is 11.1 Å². The van der Waals surface area contributed by atoms with Gasteiger partial charge in [-0.15, -0.1) is 10.2 Å². The van der Waals surface area contributed by atoms with E-state index in [4.69, 9.17) is 0 Å². The van der Waals surface area contributed by atoms with Gasteiger partial charge in [0.05, 0.1) is 5.75 Å². The first kappa shape index (κ1) is 27.4. The molecule has 3 N–H and O–H groups in total. The Kier molecular flexibility index (Phi) is 7.64. The molecule has 0 radical (unpaired) electrons. The summed E-state index contributed by atoms with van der Waals surface area (Å²) in [4.78, 5) is 24.4. The van der Waals surface area contributed by atoms with Crippen LogP contribution in [0.3, 0.4) is 0 Å². The molecule has 0 saturated heterocycles. The minimum atomic E-state index is -3.78. The minimum absolute atomic E-state index is 0.0714. The van der Waals surface area contributed by atoms with Gasteiger partial charge in [-0.3, -0.25) is 19.4 Å². The first-order valence-electron chi connectivity index (χ1n) is 12.0. The highest BCUT2D eigenvalue weighted by Gasteiger charge is 2.24. The molecule has 0 spiro atoms. The molecule has 11 heteroatoms. The Bertz CT molecular complexity index is 1410. The van der Waals surface area contributed by atoms with Gasteiger partial charge in [-0.25, -0.2) is 12.9 Å². The van der Waals surface area contributed by atoms with Gasteiger partial charge < -0.3 is 5.32 Å². The number of nitrogens with zero attached hydrogens (tertiary/aromatic N) is 3. The highest BCUT2D eigenvalue weighted by molar-refractivity contribution is 7.90. The molecular formula is C25H36N6O4S. The fraction of sp³-hybridized carbons (Fsp3) is 0.520. The molecule has 3 rings (SSSR count). The number of fused-ring (bicyclic) bond motifs is 1. The Balaban J connectivity index is 1.88. The molecule has 10 nitrogen and oxygen atoms in total. The standard InChI is InChI=1S/C25H36N6O4S/c1-9-20(32)30-36(34,35)11-10-14(2)24(33)26-22-16(4)12-15(3)21(17(22)5)23-28-27-19-13-18(25(6,7)8)29-31(19)23/h12-14,29H,9-11H2,1-8H3,(H,26,33)(H,30,32). The van der Waals surface area contributed by atoms with Crippen LogP contribution in [0.4, 0.5) is 5.69 Å². The third-order valence-corrected chi connectivity index (χ3v) is 7.61. The number of sulfonamides is 1. The number of hydrogen-bond acceptors (Lipinski definition) is 6. The average Bonchev–Trinajstić information content (AvgIpc) is 3.36. The zero-order valence-corrected chi connectivity index (χ0v) is 23.1. The molecule has 1 atom stereocenters. The van der Waals surface area contributed by atoms with Crippen LogP contribution in [0.1, 0.15) is 69.8 Å². The zero-order chi connectivity index (χ0) is 27.0. The molecule has 0 aliphatic rings. The predicted octanol–water partition coefficient (Wildman–Crippen LogP) is 3.77. The van der Waals surface area contributed by atoms with Crippen LogP contribution < -0.4 is 10.0 Å². The number of aryl methyl sites for hydroxylation is 2. The fourth-order valence-corrected chi connectivity index (χ4v) is 5.31. The maximum atomic E-state index is 13.0. The number of H-pyrrole nitrogens is 1. The molecule has 2 aromatic heterocycles. The smallest absolute Gasteiger partial charge is 0.234 e. The maximum Gasteiger partial charge on any atom is 0.234 e. The Labute approximate surface area is 212 Å². The van der Waals surface area contributed by atoms with Crippen LogP contribution in [0.5, 0.6) is 0 Å². The summed E-state index contributed by atoms with van der Waals surface area (Å²) >= 11 is 0. The van der Waals surface area contributed by atoms with Gasteiger partial charge in [0.1, 0.15) is 0 Å². The highest BCUT2D eigenvalue weighted by Crippen LogP contribution is 2.34. The third-order valence-electron chi connectivity index (χ3n) is 6.30. The molecule has 0 aliphatic heterocycles. The number of aromatic nitrogens is 4. The lowest BCUT2D eigenvalue weighted by Crippen LogP contribution is -2.33. The number of carbonyl (C=O) groups excluding carboxylic acids is 2. The SMILES string of the molecule is CCC(=O)NS(=O)(=O)CCC(C)C(=O)Nc1c(C)cc(C)c(-c2nnc3cc(C(C)(C)C)[nH]n23)c1C. The molecule has 2 heterocycles. The van der Waals surface area contributed by atoms with Crippen LogP contribution in [0.25, 0.3) is 17.0 Å². The van der Waals surface area contributed by atoms with Gasteiger partial charge in [0, 0.05) is 40.8 Å². The van der Waals surface area contributed by atoms with Crippen molar-refractivity contribution in [1.82, 2.24) is 24.5 Å². The number of hydrogen-bond donors (Lipinski definition) is 3.